The predicted molar refractivity (Wildman–Crippen MR) is 141 cm³/mol. The molecule has 37 heavy (non-hydrogen) atoms. The Morgan fingerprint density at radius 2 is 2.00 bits per heavy atom. The van der Waals surface area contributed by atoms with Gasteiger partial charge in [0.15, 0.2) is 17.3 Å². The summed E-state index contributed by atoms with van der Waals surface area (Å²) in [7, 11) is 5.14. The fourth-order valence-corrected chi connectivity index (χ4v) is 4.04. The number of fused-ring (bicyclic) bond motifs is 1. The molecule has 0 bridgehead atoms. The van der Waals surface area contributed by atoms with Gasteiger partial charge in [-0.15, -0.1) is 0 Å². The van der Waals surface area contributed by atoms with Gasteiger partial charge in [-0.25, -0.2) is 9.97 Å². The molecule has 4 rings (SSSR count). The summed E-state index contributed by atoms with van der Waals surface area (Å²) in [5.41, 5.74) is 3.38. The Morgan fingerprint density at radius 1 is 1.19 bits per heavy atom. The number of rotatable bonds is 10. The number of phenols is 1. The van der Waals surface area contributed by atoms with Gasteiger partial charge in [-0.2, -0.15) is 5.10 Å². The van der Waals surface area contributed by atoms with Gasteiger partial charge in [0, 0.05) is 48.9 Å². The van der Waals surface area contributed by atoms with E-state index in [1.165, 1.54) is 0 Å². The van der Waals surface area contributed by atoms with Crippen LogP contribution in [0.25, 0.3) is 22.3 Å². The second kappa shape index (κ2) is 11.3. The molecule has 0 radical (unpaired) electrons. The minimum atomic E-state index is -0.262. The van der Waals surface area contributed by atoms with E-state index < -0.39 is 0 Å². The van der Waals surface area contributed by atoms with E-state index in [1.54, 1.807) is 61.7 Å². The molecule has 194 valence electrons. The number of nitrogens with one attached hydrogen (secondary N) is 1. The first-order valence-corrected chi connectivity index (χ1v) is 12.1. The second-order valence-electron chi connectivity index (χ2n) is 8.65. The van der Waals surface area contributed by atoms with E-state index in [0.717, 1.165) is 17.8 Å². The Morgan fingerprint density at radius 3 is 2.68 bits per heavy atom. The van der Waals surface area contributed by atoms with Crippen LogP contribution >= 0.6 is 0 Å². The summed E-state index contributed by atoms with van der Waals surface area (Å²) in [5.74, 6) is 0.994. The highest BCUT2D eigenvalue weighted by Gasteiger charge is 2.22. The fraction of sp³-hybridized carbons (Fsp3) is 0.333. The monoisotopic (exact) mass is 504 g/mol. The van der Waals surface area contributed by atoms with Crippen LogP contribution in [0.5, 0.6) is 17.2 Å². The van der Waals surface area contributed by atoms with E-state index in [0.29, 0.717) is 53.5 Å². The summed E-state index contributed by atoms with van der Waals surface area (Å²) in [6.45, 7) is 6.23. The zero-order valence-corrected chi connectivity index (χ0v) is 21.8. The summed E-state index contributed by atoms with van der Waals surface area (Å²) in [6, 6.07) is 10.3. The lowest BCUT2D eigenvalue weighted by Crippen LogP contribution is -2.27. The number of aromatic hydroxyl groups is 1. The minimum absolute atomic E-state index is 0.0274. The van der Waals surface area contributed by atoms with Crippen molar-refractivity contribution in [3.8, 4) is 28.6 Å². The van der Waals surface area contributed by atoms with E-state index in [1.807, 2.05) is 25.6 Å². The van der Waals surface area contributed by atoms with Crippen molar-refractivity contribution in [2.75, 3.05) is 34.4 Å². The number of nitrogens with zero attached hydrogens (tertiary/aromatic N) is 5. The predicted octanol–water partition coefficient (Wildman–Crippen LogP) is 3.41. The van der Waals surface area contributed by atoms with Gasteiger partial charge in [-0.05, 0) is 57.3 Å². The summed E-state index contributed by atoms with van der Waals surface area (Å²) in [4.78, 5) is 24.6. The van der Waals surface area contributed by atoms with Gasteiger partial charge in [0.1, 0.15) is 18.1 Å². The summed E-state index contributed by atoms with van der Waals surface area (Å²) in [5, 5.41) is 18.5. The number of hydrogen-bond acceptors (Lipinski definition) is 8. The molecular weight excluding hydrogens is 472 g/mol. The van der Waals surface area contributed by atoms with Crippen molar-refractivity contribution in [3.63, 3.8) is 0 Å². The summed E-state index contributed by atoms with van der Waals surface area (Å²) in [6.07, 6.45) is 1.79. The lowest BCUT2D eigenvalue weighted by Gasteiger charge is -2.18. The number of methoxy groups -OCH3 is 1. The van der Waals surface area contributed by atoms with Crippen molar-refractivity contribution in [2.45, 2.75) is 26.9 Å². The quantitative estimate of drug-likeness (QED) is 0.316. The number of amides is 1. The number of carbonyl (C=O) groups is 1. The van der Waals surface area contributed by atoms with Crippen LogP contribution in [-0.4, -0.2) is 70.0 Å². The van der Waals surface area contributed by atoms with E-state index in [2.05, 4.69) is 20.4 Å². The Hall–Kier alpha value is -4.18. The molecule has 2 N–H and O–H groups in total. The number of hydrogen-bond donors (Lipinski definition) is 2. The lowest BCUT2D eigenvalue weighted by molar-refractivity contribution is 0.0781. The molecule has 2 aromatic heterocycles. The highest BCUT2D eigenvalue weighted by molar-refractivity contribution is 6.05. The molecule has 2 heterocycles. The highest BCUT2D eigenvalue weighted by atomic mass is 16.5. The largest absolute Gasteiger partial charge is 0.504 e. The topological polar surface area (TPSA) is 115 Å². The minimum Gasteiger partial charge on any atom is -0.504 e. The SMILES string of the molecule is CCn1ncc(CN(C)C(=O)c2nc(-c3ccc(OCCNC)c(O)c3)nc3ccc(OC)cc23)c1C. The molecule has 0 aliphatic heterocycles. The Bertz CT molecular complexity index is 1420. The maximum atomic E-state index is 13.7. The molecule has 0 aliphatic rings. The summed E-state index contributed by atoms with van der Waals surface area (Å²) >= 11 is 0. The average molecular weight is 505 g/mol. The molecule has 0 saturated heterocycles. The number of likely N-dealkylation sites (N-methyl/N-ethyl adjacent to an activating group) is 1. The Balaban J connectivity index is 1.72. The molecule has 4 aromatic rings. The van der Waals surface area contributed by atoms with Crippen molar-refractivity contribution in [2.24, 2.45) is 0 Å². The number of ether oxygens (including phenoxy) is 2. The first-order chi connectivity index (χ1) is 17.9. The zero-order valence-electron chi connectivity index (χ0n) is 21.8. The standard InChI is InChI=1S/C27H32N6O4/c1-6-33-17(2)19(15-29-33)16-32(4)27(35)25-21-14-20(36-5)8-9-22(21)30-26(31-25)18-7-10-24(23(34)13-18)37-12-11-28-3/h7-10,13-15,28,34H,6,11-12,16H2,1-5H3. The first-order valence-electron chi connectivity index (χ1n) is 12.1. The smallest absolute Gasteiger partial charge is 0.273 e. The van der Waals surface area contributed by atoms with E-state index in [-0.39, 0.29) is 17.4 Å². The average Bonchev–Trinajstić information content (AvgIpc) is 3.26. The third-order valence-electron chi connectivity index (χ3n) is 6.19. The molecule has 0 spiro atoms. The van der Waals surface area contributed by atoms with Gasteiger partial charge < -0.3 is 24.8 Å². The Kier molecular flexibility index (Phi) is 7.88. The van der Waals surface area contributed by atoms with E-state index >= 15 is 0 Å². The van der Waals surface area contributed by atoms with Gasteiger partial charge in [0.05, 0.1) is 18.8 Å². The lowest BCUT2D eigenvalue weighted by atomic mass is 10.1. The molecule has 0 aliphatic carbocycles. The molecule has 1 amide bonds. The van der Waals surface area contributed by atoms with Gasteiger partial charge in [-0.1, -0.05) is 0 Å². The Labute approximate surface area is 215 Å². The summed E-state index contributed by atoms with van der Waals surface area (Å²) < 4.78 is 12.9. The molecule has 2 aromatic carbocycles. The van der Waals surface area contributed by atoms with Crippen molar-refractivity contribution >= 4 is 16.8 Å². The van der Waals surface area contributed by atoms with Crippen LogP contribution in [-0.2, 0) is 13.1 Å². The van der Waals surface area contributed by atoms with Gasteiger partial charge >= 0.3 is 0 Å². The van der Waals surface area contributed by atoms with Crippen LogP contribution < -0.4 is 14.8 Å². The number of benzene rings is 2. The first kappa shape index (κ1) is 25.9. The third kappa shape index (κ3) is 5.49. The van der Waals surface area contributed by atoms with E-state index in [4.69, 9.17) is 9.47 Å². The second-order valence-corrected chi connectivity index (χ2v) is 8.65. The van der Waals surface area contributed by atoms with Gasteiger partial charge in [-0.3, -0.25) is 9.48 Å². The van der Waals surface area contributed by atoms with Crippen molar-refractivity contribution < 1.29 is 19.4 Å². The fourth-order valence-electron chi connectivity index (χ4n) is 4.04. The van der Waals surface area contributed by atoms with Crippen molar-refractivity contribution in [3.05, 3.63) is 59.5 Å². The van der Waals surface area contributed by atoms with E-state index in [9.17, 15) is 9.90 Å². The third-order valence-corrected chi connectivity index (χ3v) is 6.19. The number of phenolic OH excluding ortho intramolecular Hbond substituents is 1. The van der Waals surface area contributed by atoms with Crippen LogP contribution in [0.2, 0.25) is 0 Å². The number of aryl methyl sites for hydroxylation is 1. The van der Waals surface area contributed by atoms with Crippen LogP contribution in [0.4, 0.5) is 0 Å². The molecule has 10 heteroatoms. The molecule has 0 saturated carbocycles. The van der Waals surface area contributed by atoms with Crippen molar-refractivity contribution in [1.29, 1.82) is 0 Å². The molecule has 0 fully saturated rings. The van der Waals surface area contributed by atoms with Crippen LogP contribution in [0.3, 0.4) is 0 Å². The maximum Gasteiger partial charge on any atom is 0.273 e. The van der Waals surface area contributed by atoms with Gasteiger partial charge in [0.25, 0.3) is 5.91 Å². The van der Waals surface area contributed by atoms with Crippen molar-refractivity contribution in [1.82, 2.24) is 30.0 Å². The number of aromatic nitrogens is 4. The molecule has 0 atom stereocenters. The van der Waals surface area contributed by atoms with Crippen LogP contribution in [0, 0.1) is 6.92 Å². The number of carbonyl (C=O) groups excluding carboxylic acids is 1. The maximum absolute atomic E-state index is 13.7. The molecule has 0 unspecified atom stereocenters. The van der Waals surface area contributed by atoms with Crippen LogP contribution in [0.1, 0.15) is 28.7 Å². The zero-order chi connectivity index (χ0) is 26.5. The van der Waals surface area contributed by atoms with Crippen LogP contribution in [0.15, 0.2) is 42.6 Å². The molecular formula is C27H32N6O4. The highest BCUT2D eigenvalue weighted by Crippen LogP contribution is 2.32. The normalized spacial score (nSPS) is 11.1. The molecule has 10 nitrogen and oxygen atoms in total. The van der Waals surface area contributed by atoms with Gasteiger partial charge in [0.2, 0.25) is 0 Å².